The highest BCUT2D eigenvalue weighted by Gasteiger charge is 2.35. The zero-order valence-electron chi connectivity index (χ0n) is 19.4. The number of sulfone groups is 1. The van der Waals surface area contributed by atoms with Crippen LogP contribution in [-0.4, -0.2) is 65.7 Å². The maximum absolute atomic E-state index is 12.9. The van der Waals surface area contributed by atoms with Crippen molar-refractivity contribution in [1.82, 2.24) is 14.7 Å². The fraction of sp³-hybridized carbons (Fsp3) is 0.522. The summed E-state index contributed by atoms with van der Waals surface area (Å²) >= 11 is 6.42. The van der Waals surface area contributed by atoms with Crippen molar-refractivity contribution < 1.29 is 22.7 Å². The number of halogens is 1. The van der Waals surface area contributed by atoms with Crippen molar-refractivity contribution in [2.45, 2.75) is 46.7 Å². The molecule has 2 heterocycles. The molecular weight excluding hydrogens is 466 g/mol. The molecule has 1 saturated heterocycles. The summed E-state index contributed by atoms with van der Waals surface area (Å²) in [6.45, 7) is 7.85. The molecule has 0 N–H and O–H groups in total. The number of hydrogen-bond acceptors (Lipinski definition) is 6. The summed E-state index contributed by atoms with van der Waals surface area (Å²) in [4.78, 5) is 27.1. The van der Waals surface area contributed by atoms with Crippen LogP contribution in [0.15, 0.2) is 24.3 Å². The van der Waals surface area contributed by atoms with Crippen LogP contribution in [0.4, 0.5) is 0 Å². The predicted molar refractivity (Wildman–Crippen MR) is 126 cm³/mol. The number of aromatic nitrogens is 2. The van der Waals surface area contributed by atoms with E-state index in [2.05, 4.69) is 5.10 Å². The van der Waals surface area contributed by atoms with Crippen LogP contribution in [0.1, 0.15) is 47.4 Å². The first-order valence-corrected chi connectivity index (χ1v) is 13.1. The van der Waals surface area contributed by atoms with Crippen LogP contribution < -0.4 is 0 Å². The lowest BCUT2D eigenvalue weighted by molar-refractivity contribution is -0.137. The Bertz CT molecular complexity index is 1130. The summed E-state index contributed by atoms with van der Waals surface area (Å²) in [5.74, 6) is -1.00. The molecule has 8 nitrogen and oxygen atoms in total. The summed E-state index contributed by atoms with van der Waals surface area (Å²) in [5, 5.41) is 4.50. The van der Waals surface area contributed by atoms with E-state index >= 15 is 0 Å². The van der Waals surface area contributed by atoms with Crippen LogP contribution >= 0.6 is 11.6 Å². The number of ether oxygens (including phenoxy) is 1. The van der Waals surface area contributed by atoms with E-state index < -0.39 is 34.4 Å². The number of aryl methyl sites for hydroxylation is 2. The van der Waals surface area contributed by atoms with Gasteiger partial charge in [-0.2, -0.15) is 5.10 Å². The van der Waals surface area contributed by atoms with Crippen LogP contribution in [0.2, 0.25) is 5.15 Å². The van der Waals surface area contributed by atoms with Crippen LogP contribution in [-0.2, 0) is 25.9 Å². The third-order valence-corrected chi connectivity index (χ3v) is 7.72. The Morgan fingerprint density at radius 3 is 2.48 bits per heavy atom. The lowest BCUT2D eigenvalue weighted by Crippen LogP contribution is -2.45. The molecule has 1 atom stereocenters. The summed E-state index contributed by atoms with van der Waals surface area (Å²) in [6, 6.07) is 7.50. The number of benzene rings is 1. The standard InChI is InChI=1S/C23H30ClN3O5S/c1-15(2)11-26(19-9-10-33(30,31)14-19)20(28)13-32-23(29)21-17(4)25-27(22(21)24)12-18-7-5-16(3)6-8-18/h5-8,15,19H,9-14H2,1-4H3. The van der Waals surface area contributed by atoms with Crippen LogP contribution in [0.5, 0.6) is 0 Å². The Kier molecular flexibility index (Phi) is 7.84. The van der Waals surface area contributed by atoms with Gasteiger partial charge < -0.3 is 9.64 Å². The zero-order chi connectivity index (χ0) is 24.3. The van der Waals surface area contributed by atoms with Crippen molar-refractivity contribution in [3.63, 3.8) is 0 Å². The molecule has 1 aliphatic rings. The van der Waals surface area contributed by atoms with E-state index in [4.69, 9.17) is 16.3 Å². The van der Waals surface area contributed by atoms with Crippen LogP contribution in [0, 0.1) is 19.8 Å². The number of amides is 1. The third-order valence-electron chi connectivity index (χ3n) is 5.58. The molecule has 2 aromatic rings. The van der Waals surface area contributed by atoms with Crippen LogP contribution in [0.25, 0.3) is 0 Å². The molecule has 33 heavy (non-hydrogen) atoms. The van der Waals surface area contributed by atoms with Gasteiger partial charge in [0.25, 0.3) is 5.91 Å². The van der Waals surface area contributed by atoms with E-state index in [0.29, 0.717) is 25.2 Å². The molecule has 10 heteroatoms. The first-order chi connectivity index (χ1) is 15.5. The van der Waals surface area contributed by atoms with Gasteiger partial charge in [0, 0.05) is 12.6 Å². The van der Waals surface area contributed by atoms with Gasteiger partial charge in [-0.05, 0) is 31.7 Å². The smallest absolute Gasteiger partial charge is 0.343 e. The average Bonchev–Trinajstić information content (AvgIpc) is 3.23. The van der Waals surface area contributed by atoms with Gasteiger partial charge >= 0.3 is 5.97 Å². The minimum atomic E-state index is -3.15. The molecule has 1 amide bonds. The number of nitrogens with zero attached hydrogens (tertiary/aromatic N) is 3. The van der Waals surface area contributed by atoms with Crippen molar-refractivity contribution in [3.05, 3.63) is 51.8 Å². The zero-order valence-corrected chi connectivity index (χ0v) is 20.9. The second-order valence-electron chi connectivity index (χ2n) is 8.97. The Morgan fingerprint density at radius 2 is 1.91 bits per heavy atom. The van der Waals surface area contributed by atoms with Crippen LogP contribution in [0.3, 0.4) is 0 Å². The maximum Gasteiger partial charge on any atom is 0.343 e. The van der Waals surface area contributed by atoms with E-state index in [1.165, 1.54) is 9.58 Å². The largest absolute Gasteiger partial charge is 0.452 e. The molecule has 1 unspecified atom stereocenters. The summed E-state index contributed by atoms with van der Waals surface area (Å²) < 4.78 is 30.6. The molecular formula is C23H30ClN3O5S. The molecule has 0 bridgehead atoms. The number of carbonyl (C=O) groups excluding carboxylic acids is 2. The lowest BCUT2D eigenvalue weighted by atomic mass is 10.1. The van der Waals surface area contributed by atoms with E-state index in [0.717, 1.165) is 11.1 Å². The maximum atomic E-state index is 12.9. The van der Waals surface area contributed by atoms with Crippen molar-refractivity contribution in [2.75, 3.05) is 24.7 Å². The van der Waals surface area contributed by atoms with Gasteiger partial charge in [0.1, 0.15) is 10.7 Å². The Labute approximate surface area is 199 Å². The highest BCUT2D eigenvalue weighted by atomic mass is 35.5. The summed E-state index contributed by atoms with van der Waals surface area (Å²) in [5.41, 5.74) is 2.65. The molecule has 3 rings (SSSR count). The van der Waals surface area contributed by atoms with Crippen molar-refractivity contribution in [1.29, 1.82) is 0 Å². The van der Waals surface area contributed by atoms with Gasteiger partial charge in [0.15, 0.2) is 16.4 Å². The van der Waals surface area contributed by atoms with E-state index in [1.807, 2.05) is 45.0 Å². The minimum Gasteiger partial charge on any atom is -0.452 e. The summed E-state index contributed by atoms with van der Waals surface area (Å²) in [7, 11) is -3.15. The first-order valence-electron chi connectivity index (χ1n) is 10.9. The number of carbonyl (C=O) groups is 2. The monoisotopic (exact) mass is 495 g/mol. The Hall–Kier alpha value is -2.39. The molecule has 1 fully saturated rings. The van der Waals surface area contributed by atoms with E-state index in [-0.39, 0.29) is 28.1 Å². The molecule has 0 aliphatic carbocycles. The molecule has 1 aliphatic heterocycles. The first kappa shape index (κ1) is 25.2. The average molecular weight is 496 g/mol. The Balaban J connectivity index is 1.68. The highest BCUT2D eigenvalue weighted by molar-refractivity contribution is 7.91. The van der Waals surface area contributed by atoms with Gasteiger partial charge in [0.05, 0.1) is 23.7 Å². The van der Waals surface area contributed by atoms with Gasteiger partial charge in [-0.25, -0.2) is 17.9 Å². The van der Waals surface area contributed by atoms with Gasteiger partial charge in [-0.3, -0.25) is 4.79 Å². The molecule has 0 spiro atoms. The normalized spacial score (nSPS) is 17.3. The highest BCUT2D eigenvalue weighted by Crippen LogP contribution is 2.23. The SMILES string of the molecule is Cc1ccc(Cn2nc(C)c(C(=O)OCC(=O)N(CC(C)C)C3CCS(=O)(=O)C3)c2Cl)cc1. The minimum absolute atomic E-state index is 0.0594. The molecule has 180 valence electrons. The molecule has 0 saturated carbocycles. The second kappa shape index (κ2) is 10.3. The Morgan fingerprint density at radius 1 is 1.24 bits per heavy atom. The predicted octanol–water partition coefficient (Wildman–Crippen LogP) is 3.03. The molecule has 1 aromatic carbocycles. The van der Waals surface area contributed by atoms with E-state index in [9.17, 15) is 18.0 Å². The van der Waals surface area contributed by atoms with Crippen molar-refractivity contribution in [2.24, 2.45) is 5.92 Å². The lowest BCUT2D eigenvalue weighted by Gasteiger charge is -2.29. The fourth-order valence-electron chi connectivity index (χ4n) is 3.91. The third kappa shape index (κ3) is 6.35. The number of rotatable bonds is 8. The fourth-order valence-corrected chi connectivity index (χ4v) is 5.95. The molecule has 0 radical (unpaired) electrons. The molecule has 1 aromatic heterocycles. The number of hydrogen-bond donors (Lipinski definition) is 0. The summed E-state index contributed by atoms with van der Waals surface area (Å²) in [6.07, 6.45) is 0.394. The van der Waals surface area contributed by atoms with Crippen molar-refractivity contribution >= 4 is 33.3 Å². The van der Waals surface area contributed by atoms with Crippen molar-refractivity contribution in [3.8, 4) is 0 Å². The topological polar surface area (TPSA) is 98.6 Å². The quantitative estimate of drug-likeness (QED) is 0.522. The van der Waals surface area contributed by atoms with E-state index in [1.54, 1.807) is 6.92 Å². The van der Waals surface area contributed by atoms with Gasteiger partial charge in [0.2, 0.25) is 0 Å². The second-order valence-corrected chi connectivity index (χ2v) is 11.6. The van der Waals surface area contributed by atoms with Gasteiger partial charge in [-0.15, -0.1) is 0 Å². The van der Waals surface area contributed by atoms with Gasteiger partial charge in [-0.1, -0.05) is 55.3 Å². The number of esters is 1.